The maximum absolute atomic E-state index is 5.79. The second kappa shape index (κ2) is 4.68. The third-order valence-corrected chi connectivity index (χ3v) is 3.20. The third kappa shape index (κ3) is 2.33. The van der Waals surface area contributed by atoms with E-state index in [0.717, 1.165) is 25.5 Å². The lowest BCUT2D eigenvalue weighted by Gasteiger charge is -2.24. The van der Waals surface area contributed by atoms with Crippen molar-refractivity contribution in [3.05, 3.63) is 24.3 Å². The first-order valence-corrected chi connectivity index (χ1v) is 5.51. The smallest absolute Gasteiger partial charge is 0.142 e. The van der Waals surface area contributed by atoms with Crippen LogP contribution in [0.25, 0.3) is 0 Å². The van der Waals surface area contributed by atoms with E-state index in [9.17, 15) is 0 Å². The molecule has 0 aromatic carbocycles. The van der Waals surface area contributed by atoms with Crippen LogP contribution < -0.4 is 5.73 Å². The number of aromatic nitrogens is 2. The molecule has 1 fully saturated rings. The zero-order valence-corrected chi connectivity index (χ0v) is 9.13. The van der Waals surface area contributed by atoms with E-state index in [4.69, 9.17) is 5.73 Å². The number of nitrogens with two attached hydrogens (primary N) is 1. The van der Waals surface area contributed by atoms with Crippen LogP contribution in [0, 0.1) is 5.92 Å². The van der Waals surface area contributed by atoms with Gasteiger partial charge in [-0.3, -0.25) is 4.90 Å². The Balaban J connectivity index is 2.00. The lowest BCUT2D eigenvalue weighted by atomic mass is 10.0. The van der Waals surface area contributed by atoms with Gasteiger partial charge < -0.3 is 5.73 Å². The van der Waals surface area contributed by atoms with Crippen molar-refractivity contribution in [3.63, 3.8) is 0 Å². The maximum atomic E-state index is 5.79. The molecule has 1 saturated heterocycles. The molecule has 1 aromatic rings. The van der Waals surface area contributed by atoms with E-state index >= 15 is 0 Å². The lowest BCUT2D eigenvalue weighted by Crippen LogP contribution is -2.38. The molecule has 0 spiro atoms. The molecule has 4 nitrogen and oxygen atoms in total. The molecule has 82 valence electrons. The summed E-state index contributed by atoms with van der Waals surface area (Å²) >= 11 is 0. The summed E-state index contributed by atoms with van der Waals surface area (Å²) in [4.78, 5) is 10.9. The van der Waals surface area contributed by atoms with Crippen LogP contribution in [-0.4, -0.2) is 34.0 Å². The van der Waals surface area contributed by atoms with Crippen LogP contribution in [0.5, 0.6) is 0 Å². The molecule has 15 heavy (non-hydrogen) atoms. The van der Waals surface area contributed by atoms with E-state index in [0.29, 0.717) is 12.0 Å². The van der Waals surface area contributed by atoms with Crippen LogP contribution in [0.4, 0.5) is 0 Å². The first-order valence-electron chi connectivity index (χ1n) is 5.51. The molecule has 1 aliphatic heterocycles. The highest BCUT2D eigenvalue weighted by Gasteiger charge is 2.30. The van der Waals surface area contributed by atoms with Crippen LogP contribution in [0.15, 0.2) is 18.5 Å². The topological polar surface area (TPSA) is 55.0 Å². The first kappa shape index (κ1) is 10.5. The molecule has 4 heteroatoms. The van der Waals surface area contributed by atoms with Gasteiger partial charge in [0.25, 0.3) is 0 Å². The summed E-state index contributed by atoms with van der Waals surface area (Å²) in [5.74, 6) is 1.59. The molecule has 0 amide bonds. The average molecular weight is 206 g/mol. The number of likely N-dealkylation sites (tertiary alicyclic amines) is 1. The van der Waals surface area contributed by atoms with Gasteiger partial charge in [0.2, 0.25) is 0 Å². The molecule has 2 heterocycles. The number of hydrogen-bond donors (Lipinski definition) is 1. The highest BCUT2D eigenvalue weighted by molar-refractivity contribution is 4.92. The van der Waals surface area contributed by atoms with Crippen LogP contribution in [-0.2, 0) is 6.54 Å². The fourth-order valence-electron chi connectivity index (χ4n) is 2.26. The minimum atomic E-state index is 0.494. The van der Waals surface area contributed by atoms with Gasteiger partial charge in [-0.25, -0.2) is 9.97 Å². The summed E-state index contributed by atoms with van der Waals surface area (Å²) in [6.07, 6.45) is 4.81. The molecule has 0 saturated carbocycles. The van der Waals surface area contributed by atoms with Crippen molar-refractivity contribution in [1.82, 2.24) is 14.9 Å². The minimum Gasteiger partial charge on any atom is -0.329 e. The minimum absolute atomic E-state index is 0.494. The normalized spacial score (nSPS) is 27.1. The van der Waals surface area contributed by atoms with Gasteiger partial charge in [-0.2, -0.15) is 0 Å². The number of rotatable bonds is 3. The molecular formula is C11H18N4. The molecule has 2 rings (SSSR count). The van der Waals surface area contributed by atoms with Crippen molar-refractivity contribution in [3.8, 4) is 0 Å². The maximum Gasteiger partial charge on any atom is 0.142 e. The van der Waals surface area contributed by atoms with Crippen molar-refractivity contribution in [2.24, 2.45) is 11.7 Å². The molecule has 2 N–H and O–H groups in total. The van der Waals surface area contributed by atoms with Crippen molar-refractivity contribution in [2.45, 2.75) is 25.9 Å². The summed E-state index contributed by atoms with van der Waals surface area (Å²) in [7, 11) is 0. The standard InChI is InChI=1S/C11H18N4/c1-9-3-6-15(10(9)7-12)8-11-13-4-2-5-14-11/h2,4-5,9-10H,3,6-8,12H2,1H3. The van der Waals surface area contributed by atoms with E-state index in [1.165, 1.54) is 6.42 Å². The van der Waals surface area contributed by atoms with Gasteiger partial charge in [0.05, 0.1) is 6.54 Å². The van der Waals surface area contributed by atoms with Gasteiger partial charge in [-0.05, 0) is 24.9 Å². The Hall–Kier alpha value is -1.00. The largest absolute Gasteiger partial charge is 0.329 e. The van der Waals surface area contributed by atoms with Gasteiger partial charge in [-0.1, -0.05) is 6.92 Å². The van der Waals surface area contributed by atoms with Crippen molar-refractivity contribution in [1.29, 1.82) is 0 Å². The van der Waals surface area contributed by atoms with Crippen LogP contribution >= 0.6 is 0 Å². The fourth-order valence-corrected chi connectivity index (χ4v) is 2.26. The summed E-state index contributed by atoms with van der Waals surface area (Å²) in [6, 6.07) is 2.34. The van der Waals surface area contributed by atoms with Crippen LogP contribution in [0.1, 0.15) is 19.2 Å². The SMILES string of the molecule is CC1CCN(Cc2ncccn2)C1CN. The Morgan fingerprint density at radius 3 is 2.87 bits per heavy atom. The van der Waals surface area contributed by atoms with Crippen LogP contribution in [0.2, 0.25) is 0 Å². The Kier molecular flexibility index (Phi) is 3.28. The Bertz CT molecular complexity index is 301. The van der Waals surface area contributed by atoms with Gasteiger partial charge in [0, 0.05) is 25.0 Å². The predicted molar refractivity (Wildman–Crippen MR) is 59.1 cm³/mol. The molecule has 0 bridgehead atoms. The van der Waals surface area contributed by atoms with Crippen molar-refractivity contribution < 1.29 is 0 Å². The highest BCUT2D eigenvalue weighted by Crippen LogP contribution is 2.23. The first-order chi connectivity index (χ1) is 7.31. The predicted octanol–water partition coefficient (Wildman–Crippen LogP) is 0.646. The monoisotopic (exact) mass is 206 g/mol. The van der Waals surface area contributed by atoms with Gasteiger partial charge in [0.1, 0.15) is 5.82 Å². The second-order valence-electron chi connectivity index (χ2n) is 4.20. The van der Waals surface area contributed by atoms with E-state index in [2.05, 4.69) is 21.8 Å². The van der Waals surface area contributed by atoms with Crippen molar-refractivity contribution >= 4 is 0 Å². The summed E-state index contributed by atoms with van der Waals surface area (Å²) in [5, 5.41) is 0. The average Bonchev–Trinajstić information content (AvgIpc) is 2.61. The summed E-state index contributed by atoms with van der Waals surface area (Å²) in [6.45, 7) is 4.94. The van der Waals surface area contributed by atoms with Gasteiger partial charge in [-0.15, -0.1) is 0 Å². The highest BCUT2D eigenvalue weighted by atomic mass is 15.2. The molecular weight excluding hydrogens is 188 g/mol. The quantitative estimate of drug-likeness (QED) is 0.788. The Morgan fingerprint density at radius 2 is 2.20 bits per heavy atom. The molecule has 2 unspecified atom stereocenters. The molecule has 1 aliphatic rings. The number of hydrogen-bond acceptors (Lipinski definition) is 4. The van der Waals surface area contributed by atoms with Gasteiger partial charge in [0.15, 0.2) is 0 Å². The van der Waals surface area contributed by atoms with Gasteiger partial charge >= 0.3 is 0 Å². The van der Waals surface area contributed by atoms with Crippen molar-refractivity contribution in [2.75, 3.05) is 13.1 Å². The molecule has 0 aliphatic carbocycles. The molecule has 2 atom stereocenters. The van der Waals surface area contributed by atoms with E-state index < -0.39 is 0 Å². The summed E-state index contributed by atoms with van der Waals surface area (Å²) in [5.41, 5.74) is 5.79. The van der Waals surface area contributed by atoms with Crippen LogP contribution in [0.3, 0.4) is 0 Å². The molecule has 1 aromatic heterocycles. The van der Waals surface area contributed by atoms with E-state index in [1.54, 1.807) is 12.4 Å². The summed E-state index contributed by atoms with van der Waals surface area (Å²) < 4.78 is 0. The molecule has 0 radical (unpaired) electrons. The zero-order chi connectivity index (χ0) is 10.7. The third-order valence-electron chi connectivity index (χ3n) is 3.20. The number of nitrogens with zero attached hydrogens (tertiary/aromatic N) is 3. The Labute approximate surface area is 90.5 Å². The van der Waals surface area contributed by atoms with E-state index in [1.807, 2.05) is 6.07 Å². The lowest BCUT2D eigenvalue weighted by molar-refractivity contribution is 0.223. The zero-order valence-electron chi connectivity index (χ0n) is 9.13. The fraction of sp³-hybridized carbons (Fsp3) is 0.636. The second-order valence-corrected chi connectivity index (χ2v) is 4.20. The van der Waals surface area contributed by atoms with E-state index in [-0.39, 0.29) is 0 Å². The Morgan fingerprint density at radius 1 is 1.47 bits per heavy atom.